The zero-order valence-corrected chi connectivity index (χ0v) is 13.9. The van der Waals surface area contributed by atoms with E-state index in [-0.39, 0.29) is 10.7 Å². The SMILES string of the molecule is CC(SCCc1ccc2cc(C(C)(C)C)cn2c1)C(=O)O. The van der Waals surface area contributed by atoms with E-state index in [1.807, 2.05) is 0 Å². The van der Waals surface area contributed by atoms with E-state index in [2.05, 4.69) is 55.8 Å². The van der Waals surface area contributed by atoms with Gasteiger partial charge in [0.15, 0.2) is 0 Å². The fourth-order valence-electron chi connectivity index (χ4n) is 2.14. The molecule has 1 atom stereocenters. The number of carboxylic acid groups (broad SMARTS) is 1. The van der Waals surface area contributed by atoms with Crippen LogP contribution < -0.4 is 0 Å². The standard InChI is InChI=1S/C17H23NO2S/c1-12(16(19)20)21-8-7-13-5-6-15-9-14(17(2,3)4)11-18(15)10-13/h5-6,9-12H,7-8H2,1-4H3,(H,19,20). The smallest absolute Gasteiger partial charge is 0.316 e. The summed E-state index contributed by atoms with van der Waals surface area (Å²) in [4.78, 5) is 10.8. The molecule has 2 heterocycles. The summed E-state index contributed by atoms with van der Waals surface area (Å²) in [5.74, 6) is 0.0857. The van der Waals surface area contributed by atoms with Gasteiger partial charge in [-0.3, -0.25) is 4.79 Å². The molecule has 1 unspecified atom stereocenters. The molecule has 3 nitrogen and oxygen atoms in total. The number of aromatic nitrogens is 1. The Kier molecular flexibility index (Phi) is 4.67. The molecule has 21 heavy (non-hydrogen) atoms. The van der Waals surface area contributed by atoms with Crippen LogP contribution in [0.5, 0.6) is 0 Å². The van der Waals surface area contributed by atoms with Crippen molar-refractivity contribution in [3.05, 3.63) is 41.7 Å². The fraction of sp³-hybridized carbons (Fsp3) is 0.471. The number of pyridine rings is 1. The van der Waals surface area contributed by atoms with Gasteiger partial charge >= 0.3 is 5.97 Å². The number of nitrogens with zero attached hydrogens (tertiary/aromatic N) is 1. The van der Waals surface area contributed by atoms with Crippen LogP contribution in [-0.4, -0.2) is 26.5 Å². The number of thioether (sulfide) groups is 1. The Bertz CT molecular complexity index is 640. The van der Waals surface area contributed by atoms with Gasteiger partial charge < -0.3 is 9.51 Å². The molecule has 0 saturated carbocycles. The van der Waals surface area contributed by atoms with Crippen LogP contribution in [0, 0.1) is 0 Å². The average molecular weight is 305 g/mol. The number of carbonyl (C=O) groups is 1. The van der Waals surface area contributed by atoms with Crippen LogP contribution in [0.3, 0.4) is 0 Å². The first-order chi connectivity index (χ1) is 9.77. The molecule has 0 aliphatic heterocycles. The van der Waals surface area contributed by atoms with Crippen molar-refractivity contribution in [2.45, 2.75) is 44.8 Å². The van der Waals surface area contributed by atoms with Crippen LogP contribution >= 0.6 is 11.8 Å². The maximum atomic E-state index is 10.8. The van der Waals surface area contributed by atoms with Crippen molar-refractivity contribution in [3.63, 3.8) is 0 Å². The lowest BCUT2D eigenvalue weighted by molar-refractivity contribution is -0.136. The van der Waals surface area contributed by atoms with E-state index < -0.39 is 5.97 Å². The second-order valence-corrected chi connectivity index (χ2v) is 7.90. The number of carboxylic acids is 1. The second kappa shape index (κ2) is 6.14. The maximum absolute atomic E-state index is 10.8. The summed E-state index contributed by atoms with van der Waals surface area (Å²) in [5, 5.41) is 8.53. The molecule has 114 valence electrons. The van der Waals surface area contributed by atoms with Gasteiger partial charge in [-0.2, -0.15) is 0 Å². The maximum Gasteiger partial charge on any atom is 0.316 e. The monoisotopic (exact) mass is 305 g/mol. The molecule has 0 radical (unpaired) electrons. The number of hydrogen-bond donors (Lipinski definition) is 1. The molecule has 4 heteroatoms. The average Bonchev–Trinajstić information content (AvgIpc) is 2.81. The molecule has 0 spiro atoms. The minimum atomic E-state index is -0.740. The van der Waals surface area contributed by atoms with E-state index in [1.165, 1.54) is 28.4 Å². The largest absolute Gasteiger partial charge is 0.480 e. The number of aliphatic carboxylic acids is 1. The minimum Gasteiger partial charge on any atom is -0.480 e. The lowest BCUT2D eigenvalue weighted by Gasteiger charge is -2.15. The molecular formula is C17H23NO2S. The molecule has 2 rings (SSSR count). The van der Waals surface area contributed by atoms with Crippen LogP contribution in [0.2, 0.25) is 0 Å². The van der Waals surface area contributed by atoms with Crippen molar-refractivity contribution < 1.29 is 9.90 Å². The Morgan fingerprint density at radius 2 is 2.05 bits per heavy atom. The molecule has 0 aromatic carbocycles. The minimum absolute atomic E-state index is 0.152. The van der Waals surface area contributed by atoms with Crippen molar-refractivity contribution in [3.8, 4) is 0 Å². The van der Waals surface area contributed by atoms with Crippen molar-refractivity contribution in [2.75, 3.05) is 5.75 Å². The summed E-state index contributed by atoms with van der Waals surface area (Å²) in [6.07, 6.45) is 5.23. The lowest BCUT2D eigenvalue weighted by atomic mass is 9.89. The highest BCUT2D eigenvalue weighted by Crippen LogP contribution is 2.25. The first-order valence-electron chi connectivity index (χ1n) is 7.23. The number of fused-ring (bicyclic) bond motifs is 1. The van der Waals surface area contributed by atoms with Gasteiger partial charge in [0.25, 0.3) is 0 Å². The normalized spacial score (nSPS) is 13.5. The summed E-state index contributed by atoms with van der Waals surface area (Å²) in [5.41, 5.74) is 3.92. The van der Waals surface area contributed by atoms with E-state index in [9.17, 15) is 4.79 Å². The highest BCUT2D eigenvalue weighted by molar-refractivity contribution is 8.00. The third-order valence-electron chi connectivity index (χ3n) is 3.63. The van der Waals surface area contributed by atoms with Gasteiger partial charge in [0.2, 0.25) is 0 Å². The Morgan fingerprint density at radius 1 is 1.33 bits per heavy atom. The van der Waals surface area contributed by atoms with Gasteiger partial charge in [-0.05, 0) is 47.8 Å². The molecule has 0 saturated heterocycles. The molecule has 0 fully saturated rings. The first-order valence-corrected chi connectivity index (χ1v) is 8.28. The van der Waals surface area contributed by atoms with E-state index in [1.54, 1.807) is 6.92 Å². The predicted molar refractivity (Wildman–Crippen MR) is 89.4 cm³/mol. The number of rotatable bonds is 5. The Morgan fingerprint density at radius 3 is 2.67 bits per heavy atom. The topological polar surface area (TPSA) is 41.7 Å². The van der Waals surface area contributed by atoms with Gasteiger partial charge in [-0.1, -0.05) is 26.8 Å². The third-order valence-corrected chi connectivity index (χ3v) is 4.77. The van der Waals surface area contributed by atoms with Crippen molar-refractivity contribution in [1.82, 2.24) is 4.40 Å². The van der Waals surface area contributed by atoms with Gasteiger partial charge in [0, 0.05) is 17.9 Å². The zero-order chi connectivity index (χ0) is 15.6. The fourth-order valence-corrected chi connectivity index (χ4v) is 2.99. The van der Waals surface area contributed by atoms with Crippen LogP contribution in [0.15, 0.2) is 30.6 Å². The van der Waals surface area contributed by atoms with E-state index in [0.717, 1.165) is 12.2 Å². The van der Waals surface area contributed by atoms with Gasteiger partial charge in [0.1, 0.15) is 0 Å². The lowest BCUT2D eigenvalue weighted by Crippen LogP contribution is -2.12. The Hall–Kier alpha value is -1.42. The van der Waals surface area contributed by atoms with Gasteiger partial charge in [-0.15, -0.1) is 11.8 Å². The van der Waals surface area contributed by atoms with Crippen LogP contribution in [0.25, 0.3) is 5.52 Å². The molecule has 1 N–H and O–H groups in total. The van der Waals surface area contributed by atoms with Crippen LogP contribution in [-0.2, 0) is 16.6 Å². The van der Waals surface area contributed by atoms with Gasteiger partial charge in [0.05, 0.1) is 5.25 Å². The highest BCUT2D eigenvalue weighted by Gasteiger charge is 2.15. The Labute approximate surface area is 130 Å². The van der Waals surface area contributed by atoms with Crippen molar-refractivity contribution in [2.24, 2.45) is 0 Å². The van der Waals surface area contributed by atoms with Crippen LogP contribution in [0.1, 0.15) is 38.8 Å². The number of hydrogen-bond acceptors (Lipinski definition) is 2. The zero-order valence-electron chi connectivity index (χ0n) is 13.1. The molecule has 0 aliphatic carbocycles. The van der Waals surface area contributed by atoms with E-state index in [4.69, 9.17) is 5.11 Å². The summed E-state index contributed by atoms with van der Waals surface area (Å²) in [7, 11) is 0. The van der Waals surface area contributed by atoms with Gasteiger partial charge in [-0.25, -0.2) is 0 Å². The molecule has 0 aliphatic rings. The van der Waals surface area contributed by atoms with Crippen LogP contribution in [0.4, 0.5) is 0 Å². The Balaban J connectivity index is 2.07. The molecule has 2 aromatic heterocycles. The molecule has 2 aromatic rings. The molecule has 0 bridgehead atoms. The van der Waals surface area contributed by atoms with E-state index in [0.29, 0.717) is 0 Å². The number of aryl methyl sites for hydroxylation is 1. The molecular weight excluding hydrogens is 282 g/mol. The molecule has 0 amide bonds. The first kappa shape index (κ1) is 16.0. The summed E-state index contributed by atoms with van der Waals surface area (Å²) >= 11 is 1.49. The predicted octanol–water partition coefficient (Wildman–Crippen LogP) is 3.99. The van der Waals surface area contributed by atoms with Crippen molar-refractivity contribution in [1.29, 1.82) is 0 Å². The summed E-state index contributed by atoms with van der Waals surface area (Å²) in [6.45, 7) is 8.38. The summed E-state index contributed by atoms with van der Waals surface area (Å²) in [6, 6.07) is 6.49. The second-order valence-electron chi connectivity index (χ2n) is 6.45. The third kappa shape index (κ3) is 4.03. The summed E-state index contributed by atoms with van der Waals surface area (Å²) < 4.78 is 2.17. The highest BCUT2D eigenvalue weighted by atomic mass is 32.2. The quantitative estimate of drug-likeness (QED) is 0.908. The van der Waals surface area contributed by atoms with Crippen molar-refractivity contribution >= 4 is 23.2 Å². The van der Waals surface area contributed by atoms with E-state index >= 15 is 0 Å².